The van der Waals surface area contributed by atoms with Crippen LogP contribution in [0.4, 0.5) is 10.1 Å². The molecule has 19 heavy (non-hydrogen) atoms. The molecule has 100 valence electrons. The molecule has 0 radical (unpaired) electrons. The van der Waals surface area contributed by atoms with Crippen LogP contribution in [0.5, 0.6) is 0 Å². The summed E-state index contributed by atoms with van der Waals surface area (Å²) >= 11 is 5.80. The molecule has 2 aromatic rings. The van der Waals surface area contributed by atoms with Gasteiger partial charge in [-0.3, -0.25) is 0 Å². The maximum Gasteiger partial charge on any atom is 0.141 e. The van der Waals surface area contributed by atoms with Gasteiger partial charge in [0.05, 0.1) is 11.6 Å². The van der Waals surface area contributed by atoms with Crippen molar-refractivity contribution in [1.29, 1.82) is 0 Å². The molecule has 0 aromatic heterocycles. The number of ether oxygens (including phenoxy) is 1. The number of methoxy groups -OCH3 is 1. The van der Waals surface area contributed by atoms with Crippen LogP contribution in [0.3, 0.4) is 0 Å². The molecule has 4 heteroatoms. The molecule has 2 aromatic carbocycles. The van der Waals surface area contributed by atoms with Gasteiger partial charge in [-0.05, 0) is 29.7 Å². The summed E-state index contributed by atoms with van der Waals surface area (Å²) in [5, 5.41) is 0.0965. The minimum Gasteiger partial charge on any atom is -0.398 e. The van der Waals surface area contributed by atoms with Gasteiger partial charge in [-0.2, -0.15) is 0 Å². The molecule has 0 aliphatic rings. The number of benzene rings is 2. The highest BCUT2D eigenvalue weighted by Gasteiger charge is 2.09. The highest BCUT2D eigenvalue weighted by molar-refractivity contribution is 6.31. The predicted molar refractivity (Wildman–Crippen MR) is 76.8 cm³/mol. The Bertz CT molecular complexity index is 586. The van der Waals surface area contributed by atoms with Crippen molar-refractivity contribution in [2.45, 2.75) is 6.42 Å². The van der Waals surface area contributed by atoms with Crippen LogP contribution in [-0.2, 0) is 11.2 Å². The molecule has 2 rings (SSSR count). The first-order chi connectivity index (χ1) is 9.13. The average molecular weight is 280 g/mol. The van der Waals surface area contributed by atoms with E-state index in [9.17, 15) is 4.39 Å². The molecular weight excluding hydrogens is 265 g/mol. The van der Waals surface area contributed by atoms with Crippen molar-refractivity contribution in [3.63, 3.8) is 0 Å². The van der Waals surface area contributed by atoms with Gasteiger partial charge < -0.3 is 10.5 Å². The van der Waals surface area contributed by atoms with Crippen LogP contribution in [0.25, 0.3) is 11.1 Å². The third-order valence-electron chi connectivity index (χ3n) is 3.00. The molecule has 0 saturated carbocycles. The van der Waals surface area contributed by atoms with E-state index >= 15 is 0 Å². The van der Waals surface area contributed by atoms with Gasteiger partial charge in [0, 0.05) is 18.4 Å². The number of anilines is 1. The monoisotopic (exact) mass is 279 g/mol. The summed E-state index contributed by atoms with van der Waals surface area (Å²) in [6.07, 6.45) is 0.741. The fraction of sp³-hybridized carbons (Fsp3) is 0.200. The topological polar surface area (TPSA) is 35.2 Å². The highest BCUT2D eigenvalue weighted by atomic mass is 35.5. The highest BCUT2D eigenvalue weighted by Crippen LogP contribution is 2.31. The largest absolute Gasteiger partial charge is 0.398 e. The number of nitrogen functional groups attached to an aromatic ring is 1. The third kappa shape index (κ3) is 3.06. The van der Waals surface area contributed by atoms with E-state index in [1.165, 1.54) is 6.07 Å². The minimum atomic E-state index is -0.431. The first-order valence-electron chi connectivity index (χ1n) is 5.95. The SMILES string of the molecule is COCCc1cccc(-c2ccc(F)c(Cl)c2)c1N. The number of para-hydroxylation sites is 1. The molecule has 2 N–H and O–H groups in total. The zero-order valence-electron chi connectivity index (χ0n) is 10.6. The fourth-order valence-corrected chi connectivity index (χ4v) is 2.14. The van der Waals surface area contributed by atoms with Gasteiger partial charge in [0.1, 0.15) is 5.82 Å². The summed E-state index contributed by atoms with van der Waals surface area (Å²) in [6, 6.07) is 10.4. The third-order valence-corrected chi connectivity index (χ3v) is 3.29. The molecule has 0 aliphatic heterocycles. The van der Waals surface area contributed by atoms with Crippen molar-refractivity contribution >= 4 is 17.3 Å². The second-order valence-electron chi connectivity index (χ2n) is 4.25. The summed E-state index contributed by atoms with van der Waals surface area (Å²) < 4.78 is 18.2. The summed E-state index contributed by atoms with van der Waals surface area (Å²) in [7, 11) is 1.65. The van der Waals surface area contributed by atoms with Crippen LogP contribution in [0.1, 0.15) is 5.56 Å². The molecule has 0 fully saturated rings. The van der Waals surface area contributed by atoms with Gasteiger partial charge in [0.15, 0.2) is 0 Å². The maximum absolute atomic E-state index is 13.2. The van der Waals surface area contributed by atoms with E-state index in [0.29, 0.717) is 12.3 Å². The summed E-state index contributed by atoms with van der Waals surface area (Å²) in [6.45, 7) is 0.609. The minimum absolute atomic E-state index is 0.0965. The van der Waals surface area contributed by atoms with E-state index in [2.05, 4.69) is 0 Å². The van der Waals surface area contributed by atoms with Crippen molar-refractivity contribution in [2.75, 3.05) is 19.5 Å². The molecule has 0 aliphatic carbocycles. The van der Waals surface area contributed by atoms with Crippen LogP contribution >= 0.6 is 11.6 Å². The fourth-order valence-electron chi connectivity index (χ4n) is 1.96. The summed E-state index contributed by atoms with van der Waals surface area (Å²) in [4.78, 5) is 0. The van der Waals surface area contributed by atoms with Crippen LogP contribution in [-0.4, -0.2) is 13.7 Å². The molecule has 0 unspecified atom stereocenters. The standard InChI is InChI=1S/C15H15ClFNO/c1-19-8-7-10-3-2-4-12(15(10)18)11-5-6-14(17)13(16)9-11/h2-6,9H,7-8,18H2,1H3. The van der Waals surface area contributed by atoms with Gasteiger partial charge in [0.25, 0.3) is 0 Å². The lowest BCUT2D eigenvalue weighted by Gasteiger charge is -2.11. The Labute approximate surface area is 117 Å². The normalized spacial score (nSPS) is 10.7. The van der Waals surface area contributed by atoms with Gasteiger partial charge in [-0.1, -0.05) is 35.9 Å². The van der Waals surface area contributed by atoms with Crippen LogP contribution < -0.4 is 5.73 Å². The maximum atomic E-state index is 13.2. The van der Waals surface area contributed by atoms with Gasteiger partial charge in [-0.15, -0.1) is 0 Å². The Morgan fingerprint density at radius 2 is 2.05 bits per heavy atom. The molecule has 0 bridgehead atoms. The molecular formula is C15H15ClFNO. The Hall–Kier alpha value is -1.58. The van der Waals surface area contributed by atoms with E-state index < -0.39 is 5.82 Å². The number of rotatable bonds is 4. The number of nitrogens with two attached hydrogens (primary N) is 1. The lowest BCUT2D eigenvalue weighted by atomic mass is 9.99. The van der Waals surface area contributed by atoms with E-state index in [1.807, 2.05) is 18.2 Å². The summed E-state index contributed by atoms with van der Waals surface area (Å²) in [5.41, 5.74) is 9.51. The smallest absolute Gasteiger partial charge is 0.141 e. The predicted octanol–water partition coefficient (Wildman–Crippen LogP) is 3.92. The Morgan fingerprint density at radius 3 is 2.74 bits per heavy atom. The van der Waals surface area contributed by atoms with E-state index in [4.69, 9.17) is 22.1 Å². The average Bonchev–Trinajstić information content (AvgIpc) is 2.41. The quantitative estimate of drug-likeness (QED) is 0.861. The van der Waals surface area contributed by atoms with Crippen molar-refractivity contribution in [1.82, 2.24) is 0 Å². The first-order valence-corrected chi connectivity index (χ1v) is 6.33. The molecule has 0 saturated heterocycles. The number of hydrogen-bond donors (Lipinski definition) is 1. The van der Waals surface area contributed by atoms with Gasteiger partial charge in [0.2, 0.25) is 0 Å². The van der Waals surface area contributed by atoms with Gasteiger partial charge >= 0.3 is 0 Å². The molecule has 0 atom stereocenters. The Kier molecular flexibility index (Phi) is 4.40. The second kappa shape index (κ2) is 6.04. The lowest BCUT2D eigenvalue weighted by molar-refractivity contribution is 0.202. The summed E-state index contributed by atoms with van der Waals surface area (Å²) in [5.74, 6) is -0.431. The van der Waals surface area contributed by atoms with Crippen molar-refractivity contribution in [2.24, 2.45) is 0 Å². The Morgan fingerprint density at radius 1 is 1.26 bits per heavy atom. The lowest BCUT2D eigenvalue weighted by Crippen LogP contribution is -2.01. The van der Waals surface area contributed by atoms with Gasteiger partial charge in [-0.25, -0.2) is 4.39 Å². The van der Waals surface area contributed by atoms with Crippen molar-refractivity contribution < 1.29 is 9.13 Å². The zero-order valence-corrected chi connectivity index (χ0v) is 11.4. The van der Waals surface area contributed by atoms with Crippen LogP contribution in [0.15, 0.2) is 36.4 Å². The number of hydrogen-bond acceptors (Lipinski definition) is 2. The van der Waals surface area contributed by atoms with Crippen molar-refractivity contribution in [3.8, 4) is 11.1 Å². The Balaban J connectivity index is 2.41. The first kappa shape index (κ1) is 13.8. The second-order valence-corrected chi connectivity index (χ2v) is 4.66. The van der Waals surface area contributed by atoms with Crippen molar-refractivity contribution in [3.05, 3.63) is 52.8 Å². The van der Waals surface area contributed by atoms with E-state index in [-0.39, 0.29) is 5.02 Å². The van der Waals surface area contributed by atoms with E-state index in [1.54, 1.807) is 19.2 Å². The zero-order chi connectivity index (χ0) is 13.8. The van der Waals surface area contributed by atoms with Crippen LogP contribution in [0.2, 0.25) is 5.02 Å². The molecule has 0 heterocycles. The van der Waals surface area contributed by atoms with E-state index in [0.717, 1.165) is 23.1 Å². The number of halogens is 2. The molecule has 0 spiro atoms. The van der Waals surface area contributed by atoms with Crippen LogP contribution in [0, 0.1) is 5.82 Å². The molecule has 2 nitrogen and oxygen atoms in total. The molecule has 0 amide bonds.